The van der Waals surface area contributed by atoms with Crippen LogP contribution in [0.2, 0.25) is 0 Å². The summed E-state index contributed by atoms with van der Waals surface area (Å²) in [5.74, 6) is -0.314. The highest BCUT2D eigenvalue weighted by molar-refractivity contribution is 7.91. The number of halogens is 1. The van der Waals surface area contributed by atoms with Gasteiger partial charge in [-0.25, -0.2) is 22.9 Å². The summed E-state index contributed by atoms with van der Waals surface area (Å²) in [5, 5.41) is 6.52. The summed E-state index contributed by atoms with van der Waals surface area (Å²) >= 11 is 0. The number of urea groups is 1. The number of carbonyl (C=O) groups is 1. The predicted octanol–water partition coefficient (Wildman–Crippen LogP) is 3.35. The summed E-state index contributed by atoms with van der Waals surface area (Å²) in [6.45, 7) is 0. The molecule has 1 aliphatic rings. The second kappa shape index (κ2) is 7.53. The Kier molecular flexibility index (Phi) is 5.06. The Bertz CT molecular complexity index is 1200. The smallest absolute Gasteiger partial charge is 0.306 e. The first kappa shape index (κ1) is 19.5. The van der Waals surface area contributed by atoms with Crippen LogP contribution in [0.1, 0.15) is 17.5 Å². The number of hydrogen-bond acceptors (Lipinski definition) is 5. The normalized spacial score (nSPS) is 14.8. The van der Waals surface area contributed by atoms with E-state index in [1.807, 2.05) is 0 Å². The Morgan fingerprint density at radius 1 is 1.24 bits per heavy atom. The molecule has 2 amide bonds. The number of nitrogens with zero attached hydrogens (tertiary/aromatic N) is 3. The van der Waals surface area contributed by atoms with Crippen molar-refractivity contribution < 1.29 is 13.4 Å². The van der Waals surface area contributed by atoms with Crippen LogP contribution in [-0.2, 0) is 22.8 Å². The van der Waals surface area contributed by atoms with Crippen molar-refractivity contribution in [3.05, 3.63) is 59.8 Å². The van der Waals surface area contributed by atoms with Gasteiger partial charge in [-0.05, 0) is 69.6 Å². The first-order valence-corrected chi connectivity index (χ1v) is 10.9. The molecule has 2 unspecified atom stereocenters. The molecule has 3 N–H and O–H groups in total. The minimum Gasteiger partial charge on any atom is -0.306 e. The molecule has 0 saturated heterocycles. The summed E-state index contributed by atoms with van der Waals surface area (Å²) in [5.41, 5.74) is 2.95. The summed E-state index contributed by atoms with van der Waals surface area (Å²) in [6, 6.07) is 5.40. The number of aromatic nitrogens is 3. The molecule has 3 aromatic rings. The van der Waals surface area contributed by atoms with Crippen LogP contribution in [0, 0.1) is 10.6 Å². The van der Waals surface area contributed by atoms with Crippen LogP contribution in [0.5, 0.6) is 0 Å². The maximum atomic E-state index is 14.6. The van der Waals surface area contributed by atoms with E-state index in [0.29, 0.717) is 35.2 Å². The third-order valence-corrected chi connectivity index (χ3v) is 6.26. The number of carbonyl (C=O) groups excluding carboxylic acids is 1. The molecule has 0 aliphatic heterocycles. The van der Waals surface area contributed by atoms with Gasteiger partial charge in [0, 0.05) is 24.2 Å². The van der Waals surface area contributed by atoms with Gasteiger partial charge in [0.25, 0.3) is 0 Å². The van der Waals surface area contributed by atoms with E-state index < -0.39 is 15.9 Å². The average molecular weight is 432 g/mol. The van der Waals surface area contributed by atoms with Gasteiger partial charge in [-0.2, -0.15) is 5.10 Å². The second-order valence-corrected chi connectivity index (χ2v) is 8.84. The van der Waals surface area contributed by atoms with Crippen LogP contribution < -0.4 is 10.0 Å². The first-order valence-electron chi connectivity index (χ1n) is 8.78. The summed E-state index contributed by atoms with van der Waals surface area (Å²) < 4.78 is 38.7. The predicted molar refractivity (Wildman–Crippen MR) is 110 cm³/mol. The molecule has 4 rings (SSSR count). The fraction of sp³-hybridized carbons (Fsp3) is 0.167. The van der Waals surface area contributed by atoms with Gasteiger partial charge in [0.15, 0.2) is 14.9 Å². The van der Waals surface area contributed by atoms with Crippen molar-refractivity contribution in [2.75, 3.05) is 5.32 Å². The van der Waals surface area contributed by atoms with Crippen LogP contribution in [0.3, 0.4) is 0 Å². The number of benzene rings is 1. The topological polar surface area (TPSA) is 113 Å². The standard InChI is InChI=1S/C18H18FN6O2PS/c19-15-10-14(11-4-7-21-8-5-11)17(13-3-1-2-12(13)15)22-18(26)24-29(20,27)16-6-9-25(28)23-16/h4-10H,1-3,28H2,(H3,20,22,24,26,27). The van der Waals surface area contributed by atoms with Gasteiger partial charge in [0.05, 0.1) is 5.69 Å². The minimum atomic E-state index is -3.65. The lowest BCUT2D eigenvalue weighted by Crippen LogP contribution is -2.34. The van der Waals surface area contributed by atoms with Crippen LogP contribution >= 0.6 is 9.39 Å². The van der Waals surface area contributed by atoms with Crippen molar-refractivity contribution in [3.8, 4) is 11.1 Å². The van der Waals surface area contributed by atoms with E-state index >= 15 is 0 Å². The van der Waals surface area contributed by atoms with Gasteiger partial charge < -0.3 is 5.32 Å². The van der Waals surface area contributed by atoms with Crippen molar-refractivity contribution in [2.45, 2.75) is 24.3 Å². The molecule has 0 saturated carbocycles. The molecule has 29 heavy (non-hydrogen) atoms. The first-order chi connectivity index (χ1) is 13.8. The highest BCUT2D eigenvalue weighted by Crippen LogP contribution is 2.39. The number of amides is 2. The Hall–Kier alpha value is -2.84. The molecule has 150 valence electrons. The Balaban J connectivity index is 1.69. The lowest BCUT2D eigenvalue weighted by molar-refractivity contribution is 0.256. The molecule has 1 aromatic carbocycles. The highest BCUT2D eigenvalue weighted by Gasteiger charge is 2.25. The summed E-state index contributed by atoms with van der Waals surface area (Å²) in [7, 11) is -1.39. The maximum Gasteiger partial charge on any atom is 0.332 e. The molecule has 0 spiro atoms. The van der Waals surface area contributed by atoms with Gasteiger partial charge in [0.1, 0.15) is 5.82 Å². The highest BCUT2D eigenvalue weighted by atomic mass is 32.2. The van der Waals surface area contributed by atoms with Crippen LogP contribution in [0.25, 0.3) is 11.1 Å². The van der Waals surface area contributed by atoms with Gasteiger partial charge in [0.2, 0.25) is 0 Å². The summed E-state index contributed by atoms with van der Waals surface area (Å²) in [4.78, 5) is 16.6. The largest absolute Gasteiger partial charge is 0.332 e. The lowest BCUT2D eigenvalue weighted by atomic mass is 9.97. The molecular weight excluding hydrogens is 414 g/mol. The maximum absolute atomic E-state index is 14.6. The molecule has 11 heteroatoms. The van der Waals surface area contributed by atoms with Crippen molar-refractivity contribution in [2.24, 2.45) is 0 Å². The summed E-state index contributed by atoms with van der Waals surface area (Å²) in [6.07, 6.45) is 6.66. The van der Waals surface area contributed by atoms with E-state index in [-0.39, 0.29) is 10.8 Å². The van der Waals surface area contributed by atoms with E-state index in [9.17, 15) is 13.4 Å². The monoisotopic (exact) mass is 432 g/mol. The molecule has 0 radical (unpaired) electrons. The number of hydrogen-bond donors (Lipinski definition) is 3. The van der Waals surface area contributed by atoms with Crippen LogP contribution in [0.4, 0.5) is 14.9 Å². The molecule has 1 aliphatic carbocycles. The molecule has 0 bridgehead atoms. The zero-order chi connectivity index (χ0) is 20.6. The van der Waals surface area contributed by atoms with Crippen LogP contribution in [0.15, 0.2) is 47.9 Å². The molecule has 0 fully saturated rings. The SMILES string of the molecule is N=S(=O)(NC(=O)Nc1c(-c2ccncc2)cc(F)c2c1CCC2)c1ccn(P)n1. The zero-order valence-electron chi connectivity index (χ0n) is 15.2. The van der Waals surface area contributed by atoms with Gasteiger partial charge in [-0.3, -0.25) is 9.44 Å². The van der Waals surface area contributed by atoms with Crippen LogP contribution in [-0.4, -0.2) is 24.8 Å². The third-order valence-electron chi connectivity index (χ3n) is 4.69. The number of pyridine rings is 1. The molecule has 2 atom stereocenters. The van der Waals surface area contributed by atoms with Gasteiger partial charge in [-0.15, -0.1) is 0 Å². The van der Waals surface area contributed by atoms with Gasteiger partial charge >= 0.3 is 6.03 Å². The van der Waals surface area contributed by atoms with E-state index in [1.54, 1.807) is 24.5 Å². The fourth-order valence-electron chi connectivity index (χ4n) is 3.43. The zero-order valence-corrected chi connectivity index (χ0v) is 17.2. The Labute approximate surface area is 169 Å². The van der Waals surface area contributed by atoms with E-state index in [4.69, 9.17) is 4.78 Å². The lowest BCUT2D eigenvalue weighted by Gasteiger charge is -2.17. The molecular formula is C18H18FN6O2PS. The minimum absolute atomic E-state index is 0.0682. The molecule has 2 aromatic heterocycles. The van der Waals surface area contributed by atoms with Gasteiger partial charge in [-0.1, -0.05) is 0 Å². The molecule has 8 nitrogen and oxygen atoms in total. The van der Waals surface area contributed by atoms with Crippen molar-refractivity contribution in [3.63, 3.8) is 0 Å². The van der Waals surface area contributed by atoms with E-state index in [1.165, 1.54) is 22.8 Å². The number of nitrogens with one attached hydrogen (secondary N) is 3. The van der Waals surface area contributed by atoms with E-state index in [0.717, 1.165) is 12.0 Å². The average Bonchev–Trinajstić information content (AvgIpc) is 3.34. The number of anilines is 1. The van der Waals surface area contributed by atoms with Crippen molar-refractivity contribution >= 4 is 31.0 Å². The molecule has 2 heterocycles. The van der Waals surface area contributed by atoms with E-state index in [2.05, 4.69) is 29.5 Å². The second-order valence-electron chi connectivity index (χ2n) is 6.57. The Morgan fingerprint density at radius 2 is 1.97 bits per heavy atom. The quantitative estimate of drug-likeness (QED) is 0.549. The van der Waals surface area contributed by atoms with Crippen molar-refractivity contribution in [1.29, 1.82) is 4.78 Å². The third kappa shape index (κ3) is 3.86. The number of fused-ring (bicyclic) bond motifs is 1. The Morgan fingerprint density at radius 3 is 2.66 bits per heavy atom. The van der Waals surface area contributed by atoms with Crippen molar-refractivity contribution in [1.82, 2.24) is 19.3 Å². The number of rotatable bonds is 4. The fourth-order valence-corrected chi connectivity index (χ4v) is 4.60.